The van der Waals surface area contributed by atoms with E-state index in [0.717, 1.165) is 22.0 Å². The fraction of sp³-hybridized carbons (Fsp3) is 0.250. The van der Waals surface area contributed by atoms with Gasteiger partial charge in [0.25, 0.3) is 0 Å². The minimum Gasteiger partial charge on any atom is -0.384 e. The highest BCUT2D eigenvalue weighted by atomic mass is 32.2. The lowest BCUT2D eigenvalue weighted by Crippen LogP contribution is -2.11. The Labute approximate surface area is 110 Å². The molecule has 0 bridgehead atoms. The molecule has 5 nitrogen and oxygen atoms in total. The summed E-state index contributed by atoms with van der Waals surface area (Å²) in [6.45, 7) is 2.03. The van der Waals surface area contributed by atoms with Gasteiger partial charge < -0.3 is 10.3 Å². The largest absolute Gasteiger partial charge is 0.384 e. The monoisotopic (exact) mass is 261 g/mol. The van der Waals surface area contributed by atoms with Crippen molar-refractivity contribution in [3.63, 3.8) is 0 Å². The first-order chi connectivity index (χ1) is 8.58. The zero-order valence-corrected chi connectivity index (χ0v) is 11.2. The van der Waals surface area contributed by atoms with Crippen molar-refractivity contribution < 1.29 is 0 Å². The number of nitrogen functional groups attached to an aromatic ring is 1. The second kappa shape index (κ2) is 5.22. The number of benzene rings is 1. The number of nitrogens with one attached hydrogen (secondary N) is 1. The summed E-state index contributed by atoms with van der Waals surface area (Å²) in [5.41, 5.74) is 8.58. The SMILES string of the molecule is Cc1cc(C(=N)N)ccc1CSc1nncn1C. The molecule has 0 atom stereocenters. The van der Waals surface area contributed by atoms with Crippen LogP contribution in [-0.2, 0) is 12.8 Å². The van der Waals surface area contributed by atoms with Gasteiger partial charge in [-0.3, -0.25) is 5.41 Å². The number of amidine groups is 1. The molecule has 18 heavy (non-hydrogen) atoms. The first-order valence-electron chi connectivity index (χ1n) is 5.48. The Morgan fingerprint density at radius 3 is 2.83 bits per heavy atom. The van der Waals surface area contributed by atoms with Crippen LogP contribution in [0, 0.1) is 12.3 Å². The predicted molar refractivity (Wildman–Crippen MR) is 72.8 cm³/mol. The van der Waals surface area contributed by atoms with Crippen molar-refractivity contribution in [3.05, 3.63) is 41.2 Å². The Bertz CT molecular complexity index is 576. The van der Waals surface area contributed by atoms with Crippen LogP contribution in [0.5, 0.6) is 0 Å². The lowest BCUT2D eigenvalue weighted by molar-refractivity contribution is 0.788. The van der Waals surface area contributed by atoms with Crippen molar-refractivity contribution in [2.24, 2.45) is 12.8 Å². The third-order valence-electron chi connectivity index (χ3n) is 2.68. The molecular formula is C12H15N5S. The van der Waals surface area contributed by atoms with Gasteiger partial charge in [-0.2, -0.15) is 0 Å². The fourth-order valence-corrected chi connectivity index (χ4v) is 2.54. The molecule has 0 aliphatic carbocycles. The van der Waals surface area contributed by atoms with Crippen molar-refractivity contribution in [2.75, 3.05) is 0 Å². The number of aryl methyl sites for hydroxylation is 2. The maximum absolute atomic E-state index is 7.40. The average Bonchev–Trinajstić information content (AvgIpc) is 2.73. The number of thioether (sulfide) groups is 1. The third-order valence-corrected chi connectivity index (χ3v) is 3.76. The number of hydrogen-bond donors (Lipinski definition) is 2. The Balaban J connectivity index is 2.11. The van der Waals surface area contributed by atoms with E-state index in [0.29, 0.717) is 0 Å². The van der Waals surface area contributed by atoms with Gasteiger partial charge in [0.1, 0.15) is 12.2 Å². The van der Waals surface area contributed by atoms with Crippen molar-refractivity contribution in [1.29, 1.82) is 5.41 Å². The van der Waals surface area contributed by atoms with Gasteiger partial charge >= 0.3 is 0 Å². The van der Waals surface area contributed by atoms with Crippen LogP contribution in [0.25, 0.3) is 0 Å². The van der Waals surface area contributed by atoms with Gasteiger partial charge in [-0.05, 0) is 24.1 Å². The molecule has 0 saturated carbocycles. The summed E-state index contributed by atoms with van der Waals surface area (Å²) < 4.78 is 1.89. The predicted octanol–water partition coefficient (Wildman–Crippen LogP) is 1.70. The Hall–Kier alpha value is -1.82. The summed E-state index contributed by atoms with van der Waals surface area (Å²) in [7, 11) is 1.92. The number of nitrogens with two attached hydrogens (primary N) is 1. The number of aromatic nitrogens is 3. The minimum atomic E-state index is 0.102. The molecule has 0 saturated heterocycles. The standard InChI is InChI=1S/C12H15N5S/c1-8-5-9(11(13)14)3-4-10(8)6-18-12-16-15-7-17(12)2/h3-5,7H,6H2,1-2H3,(H3,13,14). The molecule has 94 valence electrons. The number of rotatable bonds is 4. The Morgan fingerprint density at radius 1 is 1.50 bits per heavy atom. The molecule has 0 fully saturated rings. The molecule has 0 aliphatic heterocycles. The van der Waals surface area contributed by atoms with E-state index in [1.807, 2.05) is 36.7 Å². The second-order valence-electron chi connectivity index (χ2n) is 4.07. The van der Waals surface area contributed by atoms with Crippen LogP contribution in [0.1, 0.15) is 16.7 Å². The van der Waals surface area contributed by atoms with Gasteiger partial charge in [0.15, 0.2) is 5.16 Å². The topological polar surface area (TPSA) is 80.6 Å². The summed E-state index contributed by atoms with van der Waals surface area (Å²) in [6, 6.07) is 5.83. The molecule has 1 aromatic heterocycles. The van der Waals surface area contributed by atoms with Crippen LogP contribution in [0.15, 0.2) is 29.7 Å². The highest BCUT2D eigenvalue weighted by molar-refractivity contribution is 7.98. The third kappa shape index (κ3) is 2.70. The van der Waals surface area contributed by atoms with E-state index >= 15 is 0 Å². The van der Waals surface area contributed by atoms with Crippen LogP contribution >= 0.6 is 11.8 Å². The molecule has 0 unspecified atom stereocenters. The van der Waals surface area contributed by atoms with Crippen LogP contribution < -0.4 is 5.73 Å². The second-order valence-corrected chi connectivity index (χ2v) is 5.01. The van der Waals surface area contributed by atoms with Gasteiger partial charge in [-0.25, -0.2) is 0 Å². The van der Waals surface area contributed by atoms with Crippen LogP contribution in [0.2, 0.25) is 0 Å². The number of nitrogens with zero attached hydrogens (tertiary/aromatic N) is 3. The highest BCUT2D eigenvalue weighted by Gasteiger charge is 2.05. The van der Waals surface area contributed by atoms with Gasteiger partial charge in [-0.15, -0.1) is 10.2 Å². The molecule has 2 rings (SSSR count). The van der Waals surface area contributed by atoms with Crippen LogP contribution in [0.4, 0.5) is 0 Å². The van der Waals surface area contributed by atoms with E-state index < -0.39 is 0 Å². The molecule has 6 heteroatoms. The summed E-state index contributed by atoms with van der Waals surface area (Å²) in [4.78, 5) is 0. The molecular weight excluding hydrogens is 246 g/mol. The zero-order valence-electron chi connectivity index (χ0n) is 10.3. The first-order valence-corrected chi connectivity index (χ1v) is 6.47. The van der Waals surface area contributed by atoms with E-state index in [9.17, 15) is 0 Å². The molecule has 3 N–H and O–H groups in total. The highest BCUT2D eigenvalue weighted by Crippen LogP contribution is 2.22. The molecule has 0 spiro atoms. The summed E-state index contributed by atoms with van der Waals surface area (Å²) >= 11 is 1.64. The summed E-state index contributed by atoms with van der Waals surface area (Å²) in [6.07, 6.45) is 1.69. The van der Waals surface area contributed by atoms with Crippen molar-refractivity contribution >= 4 is 17.6 Å². The summed E-state index contributed by atoms with van der Waals surface area (Å²) in [5, 5.41) is 16.2. The van der Waals surface area contributed by atoms with Crippen molar-refractivity contribution in [2.45, 2.75) is 17.8 Å². The van der Waals surface area contributed by atoms with E-state index in [4.69, 9.17) is 11.1 Å². The lowest BCUT2D eigenvalue weighted by Gasteiger charge is -2.07. The first kappa shape index (κ1) is 12.6. The van der Waals surface area contributed by atoms with E-state index in [1.165, 1.54) is 5.56 Å². The summed E-state index contributed by atoms with van der Waals surface area (Å²) in [5.74, 6) is 0.932. The van der Waals surface area contributed by atoms with Gasteiger partial charge in [-0.1, -0.05) is 23.9 Å². The average molecular weight is 261 g/mol. The maximum Gasteiger partial charge on any atom is 0.191 e. The molecule has 0 amide bonds. The van der Waals surface area contributed by atoms with E-state index in [-0.39, 0.29) is 5.84 Å². The maximum atomic E-state index is 7.40. The van der Waals surface area contributed by atoms with E-state index in [1.54, 1.807) is 18.1 Å². The van der Waals surface area contributed by atoms with Crippen LogP contribution in [0.3, 0.4) is 0 Å². The van der Waals surface area contributed by atoms with Gasteiger partial charge in [0, 0.05) is 18.4 Å². The Morgan fingerprint density at radius 2 is 2.28 bits per heavy atom. The fourth-order valence-electron chi connectivity index (χ4n) is 1.57. The van der Waals surface area contributed by atoms with Crippen molar-refractivity contribution in [3.8, 4) is 0 Å². The van der Waals surface area contributed by atoms with Gasteiger partial charge in [0.05, 0.1) is 0 Å². The Kier molecular flexibility index (Phi) is 3.66. The normalized spacial score (nSPS) is 10.6. The quantitative estimate of drug-likeness (QED) is 0.498. The number of hydrogen-bond acceptors (Lipinski definition) is 4. The minimum absolute atomic E-state index is 0.102. The molecule has 1 heterocycles. The van der Waals surface area contributed by atoms with Crippen molar-refractivity contribution in [1.82, 2.24) is 14.8 Å². The molecule has 0 radical (unpaired) electrons. The smallest absolute Gasteiger partial charge is 0.191 e. The van der Waals surface area contributed by atoms with Crippen LogP contribution in [-0.4, -0.2) is 20.6 Å². The molecule has 2 aromatic rings. The lowest BCUT2D eigenvalue weighted by atomic mass is 10.1. The molecule has 0 aliphatic rings. The van der Waals surface area contributed by atoms with E-state index in [2.05, 4.69) is 10.2 Å². The van der Waals surface area contributed by atoms with Gasteiger partial charge in [0.2, 0.25) is 0 Å². The molecule has 1 aromatic carbocycles. The zero-order chi connectivity index (χ0) is 13.1.